The molecule has 0 radical (unpaired) electrons. The quantitative estimate of drug-likeness (QED) is 0.246. The summed E-state index contributed by atoms with van der Waals surface area (Å²) in [5, 5.41) is 15.2. The summed E-state index contributed by atoms with van der Waals surface area (Å²) in [6, 6.07) is 25.7. The molecule has 1 saturated heterocycles. The number of amides is 2. The Morgan fingerprint density at radius 1 is 0.857 bits per heavy atom. The van der Waals surface area contributed by atoms with Crippen LogP contribution in [0.1, 0.15) is 22.8 Å². The molecule has 6 rings (SSSR count). The Labute approximate surface area is 244 Å². The fourth-order valence-corrected chi connectivity index (χ4v) is 6.54. The number of nitrogens with one attached hydrogen (secondary N) is 1. The summed E-state index contributed by atoms with van der Waals surface area (Å²) in [5.74, 6) is -1.43. The van der Waals surface area contributed by atoms with E-state index < -0.39 is 33.9 Å². The number of imide groups is 1. The molecule has 2 N–H and O–H groups in total. The van der Waals surface area contributed by atoms with Gasteiger partial charge in [0.25, 0.3) is 0 Å². The number of likely N-dealkylation sites (tertiary alicyclic amines) is 1. The molecule has 0 aliphatic carbocycles. The van der Waals surface area contributed by atoms with Crippen molar-refractivity contribution in [3.05, 3.63) is 120 Å². The molecular formula is C33H31N3O5S. The minimum Gasteiger partial charge on any atom is -0.386 e. The number of aliphatic hydroxyl groups excluding tert-OH is 1. The molecule has 0 bridgehead atoms. The first kappa shape index (κ1) is 27.8. The molecule has 2 aliphatic heterocycles. The zero-order valence-corrected chi connectivity index (χ0v) is 24.0. The minimum atomic E-state index is -3.40. The Hall–Kier alpha value is -4.31. The molecule has 0 spiro atoms. The molecule has 0 aromatic heterocycles. The van der Waals surface area contributed by atoms with Crippen molar-refractivity contribution < 1.29 is 23.1 Å². The SMILES string of the molecule is Cc1ccccc1[C@@H](O)[C@H]1C=C[C@H]2C(=O)N(Cc3cccc4ccccc34)C(=O)[C@H]2N1Nc1ccc(S(C)(=O)=O)cc1. The van der Waals surface area contributed by atoms with Crippen molar-refractivity contribution in [1.29, 1.82) is 0 Å². The normalized spacial score (nSPS) is 21.5. The summed E-state index contributed by atoms with van der Waals surface area (Å²) in [5.41, 5.74) is 6.22. The van der Waals surface area contributed by atoms with Gasteiger partial charge in [-0.25, -0.2) is 13.4 Å². The maximum Gasteiger partial charge on any atom is 0.249 e. The predicted molar refractivity (Wildman–Crippen MR) is 161 cm³/mol. The zero-order valence-electron chi connectivity index (χ0n) is 23.2. The van der Waals surface area contributed by atoms with Gasteiger partial charge in [0.15, 0.2) is 9.84 Å². The number of anilines is 1. The smallest absolute Gasteiger partial charge is 0.249 e. The number of aliphatic hydroxyl groups is 1. The molecule has 214 valence electrons. The predicted octanol–water partition coefficient (Wildman–Crippen LogP) is 4.41. The van der Waals surface area contributed by atoms with E-state index in [0.29, 0.717) is 11.3 Å². The maximum absolute atomic E-state index is 14.1. The molecule has 0 unspecified atom stereocenters. The van der Waals surface area contributed by atoms with Gasteiger partial charge in [0.05, 0.1) is 23.4 Å². The van der Waals surface area contributed by atoms with Gasteiger partial charge in [-0.15, -0.1) is 0 Å². The Bertz CT molecular complexity index is 1810. The second-order valence-electron chi connectivity index (χ2n) is 10.9. The van der Waals surface area contributed by atoms with Crippen LogP contribution in [0.25, 0.3) is 10.8 Å². The van der Waals surface area contributed by atoms with E-state index in [0.717, 1.165) is 28.2 Å². The number of carbonyl (C=O) groups is 2. The van der Waals surface area contributed by atoms with Crippen LogP contribution in [-0.4, -0.2) is 53.6 Å². The lowest BCUT2D eigenvalue weighted by Gasteiger charge is -2.41. The second-order valence-corrected chi connectivity index (χ2v) is 12.9. The van der Waals surface area contributed by atoms with Crippen molar-refractivity contribution >= 4 is 38.1 Å². The van der Waals surface area contributed by atoms with E-state index in [4.69, 9.17) is 0 Å². The number of carbonyl (C=O) groups excluding carboxylic acids is 2. The van der Waals surface area contributed by atoms with Gasteiger partial charge >= 0.3 is 0 Å². The first-order valence-corrected chi connectivity index (χ1v) is 15.6. The summed E-state index contributed by atoms with van der Waals surface area (Å²) >= 11 is 0. The molecule has 8 nitrogen and oxygen atoms in total. The molecule has 4 atom stereocenters. The van der Waals surface area contributed by atoms with Gasteiger partial charge < -0.3 is 10.5 Å². The van der Waals surface area contributed by atoms with Gasteiger partial charge in [-0.2, -0.15) is 0 Å². The maximum atomic E-state index is 14.1. The number of sulfone groups is 1. The number of aryl methyl sites for hydroxylation is 1. The second kappa shape index (κ2) is 10.8. The monoisotopic (exact) mass is 581 g/mol. The summed E-state index contributed by atoms with van der Waals surface area (Å²) < 4.78 is 24.0. The van der Waals surface area contributed by atoms with Gasteiger partial charge in [0.2, 0.25) is 11.8 Å². The van der Waals surface area contributed by atoms with Crippen LogP contribution in [-0.2, 0) is 26.0 Å². The van der Waals surface area contributed by atoms with Crippen molar-refractivity contribution in [2.75, 3.05) is 11.7 Å². The summed E-state index contributed by atoms with van der Waals surface area (Å²) in [7, 11) is -3.40. The molecule has 2 heterocycles. The molecule has 2 amide bonds. The molecule has 4 aromatic rings. The van der Waals surface area contributed by atoms with Crippen LogP contribution in [0.5, 0.6) is 0 Å². The number of fused-ring (bicyclic) bond motifs is 2. The van der Waals surface area contributed by atoms with Gasteiger partial charge in [0, 0.05) is 11.9 Å². The van der Waals surface area contributed by atoms with Gasteiger partial charge in [-0.3, -0.25) is 14.5 Å². The third kappa shape index (κ3) is 5.00. The fourth-order valence-electron chi connectivity index (χ4n) is 5.91. The van der Waals surface area contributed by atoms with E-state index in [2.05, 4.69) is 5.43 Å². The number of hydrazine groups is 1. The van der Waals surface area contributed by atoms with E-state index >= 15 is 0 Å². The van der Waals surface area contributed by atoms with Crippen molar-refractivity contribution in [3.8, 4) is 0 Å². The van der Waals surface area contributed by atoms with E-state index in [1.807, 2.05) is 73.7 Å². The lowest BCUT2D eigenvalue weighted by Crippen LogP contribution is -2.55. The average molecular weight is 582 g/mol. The van der Waals surface area contributed by atoms with Crippen LogP contribution in [0.15, 0.2) is 108 Å². The van der Waals surface area contributed by atoms with Gasteiger partial charge in [0.1, 0.15) is 12.1 Å². The summed E-state index contributed by atoms with van der Waals surface area (Å²) in [6.07, 6.45) is 3.62. The van der Waals surface area contributed by atoms with Crippen molar-refractivity contribution in [2.45, 2.75) is 36.6 Å². The fraction of sp³-hybridized carbons (Fsp3) is 0.212. The van der Waals surface area contributed by atoms with E-state index in [1.54, 1.807) is 29.3 Å². The highest BCUT2D eigenvalue weighted by Gasteiger charge is 2.53. The van der Waals surface area contributed by atoms with E-state index in [1.165, 1.54) is 17.0 Å². The molecule has 1 fully saturated rings. The van der Waals surface area contributed by atoms with Gasteiger partial charge in [-0.1, -0.05) is 78.9 Å². The third-order valence-electron chi connectivity index (χ3n) is 8.13. The molecule has 0 saturated carbocycles. The van der Waals surface area contributed by atoms with Crippen molar-refractivity contribution in [1.82, 2.24) is 9.91 Å². The highest BCUT2D eigenvalue weighted by molar-refractivity contribution is 7.90. The summed E-state index contributed by atoms with van der Waals surface area (Å²) in [4.78, 5) is 29.2. The van der Waals surface area contributed by atoms with E-state index in [9.17, 15) is 23.1 Å². The number of benzene rings is 4. The molecule has 42 heavy (non-hydrogen) atoms. The topological polar surface area (TPSA) is 107 Å². The molecule has 9 heteroatoms. The zero-order chi connectivity index (χ0) is 29.6. The van der Waals surface area contributed by atoms with Crippen molar-refractivity contribution in [3.63, 3.8) is 0 Å². The Morgan fingerprint density at radius 2 is 1.55 bits per heavy atom. The van der Waals surface area contributed by atoms with Gasteiger partial charge in [-0.05, 0) is 58.7 Å². The molecule has 2 aliphatic rings. The van der Waals surface area contributed by atoms with Crippen LogP contribution < -0.4 is 5.43 Å². The van der Waals surface area contributed by atoms with Crippen molar-refractivity contribution in [2.24, 2.45) is 5.92 Å². The van der Waals surface area contributed by atoms with Crippen LogP contribution >= 0.6 is 0 Å². The number of rotatable bonds is 7. The van der Waals surface area contributed by atoms with Crippen LogP contribution in [0.4, 0.5) is 5.69 Å². The molecular weight excluding hydrogens is 550 g/mol. The van der Waals surface area contributed by atoms with Crippen LogP contribution in [0.2, 0.25) is 0 Å². The Morgan fingerprint density at radius 3 is 2.29 bits per heavy atom. The number of nitrogens with zero attached hydrogens (tertiary/aromatic N) is 2. The average Bonchev–Trinajstić information content (AvgIpc) is 3.22. The Balaban J connectivity index is 1.37. The summed E-state index contributed by atoms with van der Waals surface area (Å²) in [6.45, 7) is 2.04. The lowest BCUT2D eigenvalue weighted by atomic mass is 9.89. The Kier molecular flexibility index (Phi) is 7.18. The largest absolute Gasteiger partial charge is 0.386 e. The number of hydrogen-bond donors (Lipinski definition) is 2. The van der Waals surface area contributed by atoms with Crippen LogP contribution in [0.3, 0.4) is 0 Å². The lowest BCUT2D eigenvalue weighted by molar-refractivity contribution is -0.140. The highest BCUT2D eigenvalue weighted by atomic mass is 32.2. The first-order valence-electron chi connectivity index (χ1n) is 13.7. The molecule has 4 aromatic carbocycles. The first-order chi connectivity index (χ1) is 20.1. The van der Waals surface area contributed by atoms with E-state index in [-0.39, 0.29) is 23.3 Å². The standard InChI is InChI=1S/C33H31N3O5S/c1-21-8-3-5-12-26(21)31(37)29-19-18-28-30(36(29)34-24-14-16-25(17-15-24)42(2,40)41)33(39)35(32(28)38)20-23-11-7-10-22-9-4-6-13-27(22)23/h3-19,28-31,34,37H,20H2,1-2H3/t28-,29-,30+,31-/m1/s1. The van der Waals surface area contributed by atoms with Crippen LogP contribution in [0, 0.1) is 12.8 Å². The number of hydrogen-bond acceptors (Lipinski definition) is 7. The third-order valence-corrected chi connectivity index (χ3v) is 9.26. The highest BCUT2D eigenvalue weighted by Crippen LogP contribution is 2.38. The minimum absolute atomic E-state index is 0.127.